The van der Waals surface area contributed by atoms with Gasteiger partial charge in [-0.1, -0.05) is 56.4 Å². The molecule has 1 radical (unpaired) electrons. The van der Waals surface area contributed by atoms with Gasteiger partial charge in [-0.2, -0.15) is 0 Å². The first-order valence-corrected chi connectivity index (χ1v) is 7.03. The molecule has 1 atom stereocenters. The Bertz CT molecular complexity index is 301. The van der Waals surface area contributed by atoms with Crippen LogP contribution < -0.4 is 5.32 Å². The topological polar surface area (TPSA) is 12.0 Å². The van der Waals surface area contributed by atoms with Crippen LogP contribution >= 0.6 is 0 Å². The van der Waals surface area contributed by atoms with Crippen molar-refractivity contribution in [2.24, 2.45) is 5.92 Å². The Morgan fingerprint density at radius 1 is 1.29 bits per heavy atom. The van der Waals surface area contributed by atoms with E-state index in [2.05, 4.69) is 30.4 Å². The van der Waals surface area contributed by atoms with Crippen molar-refractivity contribution in [2.45, 2.75) is 58.0 Å². The van der Waals surface area contributed by atoms with Gasteiger partial charge < -0.3 is 5.32 Å². The first-order valence-electron chi connectivity index (χ1n) is 7.03. The van der Waals surface area contributed by atoms with Gasteiger partial charge in [-0.3, -0.25) is 0 Å². The van der Waals surface area contributed by atoms with Gasteiger partial charge in [0.2, 0.25) is 0 Å². The lowest BCUT2D eigenvalue weighted by Crippen LogP contribution is -2.28. The zero-order valence-electron chi connectivity index (χ0n) is 10.9. The Hall–Kier alpha value is -0.820. The van der Waals surface area contributed by atoms with Crippen molar-refractivity contribution in [3.8, 4) is 0 Å². The van der Waals surface area contributed by atoms with E-state index < -0.39 is 0 Å². The molecule has 0 aliphatic heterocycles. The third-order valence-corrected chi connectivity index (χ3v) is 3.83. The van der Waals surface area contributed by atoms with Crippen LogP contribution in [0, 0.1) is 12.0 Å². The number of benzene rings is 1. The van der Waals surface area contributed by atoms with Crippen molar-refractivity contribution in [3.63, 3.8) is 0 Å². The predicted molar refractivity (Wildman–Crippen MR) is 72.8 cm³/mol. The van der Waals surface area contributed by atoms with E-state index in [9.17, 15) is 0 Å². The molecule has 93 valence electrons. The van der Waals surface area contributed by atoms with Crippen LogP contribution in [0.5, 0.6) is 0 Å². The summed E-state index contributed by atoms with van der Waals surface area (Å²) in [6.07, 6.45) is 8.59. The van der Waals surface area contributed by atoms with Crippen LogP contribution in [0.25, 0.3) is 0 Å². The third kappa shape index (κ3) is 4.51. The Morgan fingerprint density at radius 2 is 2.12 bits per heavy atom. The van der Waals surface area contributed by atoms with E-state index in [-0.39, 0.29) is 0 Å². The van der Waals surface area contributed by atoms with Gasteiger partial charge in [0.25, 0.3) is 0 Å². The number of nitrogens with one attached hydrogen (secondary N) is 1. The minimum absolute atomic E-state index is 0.631. The molecule has 0 spiro atoms. The fourth-order valence-corrected chi connectivity index (χ4v) is 2.83. The molecule has 0 heterocycles. The summed E-state index contributed by atoms with van der Waals surface area (Å²) in [6.45, 7) is 3.27. The molecule has 1 aliphatic carbocycles. The average molecular weight is 230 g/mol. The highest BCUT2D eigenvalue weighted by molar-refractivity contribution is 5.12. The molecule has 0 amide bonds. The largest absolute Gasteiger partial charge is 0.310 e. The van der Waals surface area contributed by atoms with E-state index in [4.69, 9.17) is 0 Å². The summed E-state index contributed by atoms with van der Waals surface area (Å²) < 4.78 is 0. The van der Waals surface area contributed by atoms with Crippen LogP contribution in [0.4, 0.5) is 0 Å². The zero-order chi connectivity index (χ0) is 11.9. The molecule has 2 rings (SSSR count). The molecule has 0 aromatic heterocycles. The first kappa shape index (κ1) is 12.6. The molecule has 1 aromatic rings. The smallest absolute Gasteiger partial charge is 0.0214 e. The molecule has 0 bridgehead atoms. The molecular formula is C16H24N. The average Bonchev–Trinajstić information content (AvgIpc) is 2.39. The summed E-state index contributed by atoms with van der Waals surface area (Å²) in [4.78, 5) is 0. The minimum Gasteiger partial charge on any atom is -0.310 e. The van der Waals surface area contributed by atoms with Crippen LogP contribution in [0.1, 0.15) is 51.0 Å². The Balaban J connectivity index is 1.68. The molecule has 1 fully saturated rings. The van der Waals surface area contributed by atoms with Gasteiger partial charge in [-0.05, 0) is 30.9 Å². The summed E-state index contributed by atoms with van der Waals surface area (Å²) >= 11 is 0. The summed E-state index contributed by atoms with van der Waals surface area (Å²) in [6, 6.07) is 12.1. The quantitative estimate of drug-likeness (QED) is 0.808. The van der Waals surface area contributed by atoms with Crippen LogP contribution in [-0.4, -0.2) is 6.04 Å². The zero-order valence-corrected chi connectivity index (χ0v) is 10.9. The maximum atomic E-state index is 3.61. The van der Waals surface area contributed by atoms with Crippen LogP contribution in [-0.2, 0) is 6.54 Å². The molecule has 0 unspecified atom stereocenters. The van der Waals surface area contributed by atoms with Crippen LogP contribution in [0.15, 0.2) is 24.3 Å². The van der Waals surface area contributed by atoms with Crippen molar-refractivity contribution in [2.75, 3.05) is 0 Å². The fourth-order valence-electron chi connectivity index (χ4n) is 2.83. The molecule has 1 aromatic carbocycles. The second-order valence-electron chi connectivity index (χ2n) is 5.41. The van der Waals surface area contributed by atoms with E-state index in [1.165, 1.54) is 44.1 Å². The molecule has 1 nitrogen and oxygen atoms in total. The lowest BCUT2D eigenvalue weighted by Gasteiger charge is -2.25. The highest BCUT2D eigenvalue weighted by atomic mass is 14.9. The van der Waals surface area contributed by atoms with E-state index in [0.29, 0.717) is 6.04 Å². The van der Waals surface area contributed by atoms with Crippen LogP contribution in [0.2, 0.25) is 0 Å². The van der Waals surface area contributed by atoms with Gasteiger partial charge in [0, 0.05) is 12.6 Å². The van der Waals surface area contributed by atoms with E-state index in [1.54, 1.807) is 0 Å². The lowest BCUT2D eigenvalue weighted by molar-refractivity contribution is 0.304. The summed E-state index contributed by atoms with van der Waals surface area (Å²) in [5.74, 6) is 0.964. The summed E-state index contributed by atoms with van der Waals surface area (Å²) in [5.41, 5.74) is 1.27. The van der Waals surface area contributed by atoms with Gasteiger partial charge >= 0.3 is 0 Å². The van der Waals surface area contributed by atoms with E-state index in [0.717, 1.165) is 12.5 Å². The molecule has 1 aliphatic rings. The highest BCUT2D eigenvalue weighted by Crippen LogP contribution is 2.27. The maximum Gasteiger partial charge on any atom is 0.0214 e. The van der Waals surface area contributed by atoms with Gasteiger partial charge in [0.15, 0.2) is 0 Å². The molecular weight excluding hydrogens is 206 g/mol. The molecule has 1 heteroatoms. The number of hydrogen-bond acceptors (Lipinski definition) is 1. The summed E-state index contributed by atoms with van der Waals surface area (Å²) in [7, 11) is 0. The minimum atomic E-state index is 0.631. The maximum absolute atomic E-state index is 3.61. The lowest BCUT2D eigenvalue weighted by atomic mass is 9.85. The summed E-state index contributed by atoms with van der Waals surface area (Å²) in [5, 5.41) is 3.61. The molecule has 0 saturated heterocycles. The molecule has 17 heavy (non-hydrogen) atoms. The standard InChI is InChI=1S/C16H24N/c1-14(12-15-8-4-2-5-9-15)17-13-16-10-6-3-7-11-16/h3,6-7,10,14-15,17H,2,4-5,8-9,12-13H2,1H3/t14-/m0/s1. The van der Waals surface area contributed by atoms with Crippen molar-refractivity contribution in [1.82, 2.24) is 5.32 Å². The molecule has 1 N–H and O–H groups in total. The first-order chi connectivity index (χ1) is 8.34. The van der Waals surface area contributed by atoms with Gasteiger partial charge in [-0.25, -0.2) is 0 Å². The van der Waals surface area contributed by atoms with Crippen LogP contribution in [0.3, 0.4) is 0 Å². The van der Waals surface area contributed by atoms with Crippen molar-refractivity contribution in [1.29, 1.82) is 0 Å². The van der Waals surface area contributed by atoms with Gasteiger partial charge in [0.1, 0.15) is 0 Å². The third-order valence-electron chi connectivity index (χ3n) is 3.83. The second-order valence-corrected chi connectivity index (χ2v) is 5.41. The van der Waals surface area contributed by atoms with Crippen molar-refractivity contribution >= 4 is 0 Å². The van der Waals surface area contributed by atoms with Crippen molar-refractivity contribution < 1.29 is 0 Å². The Morgan fingerprint density at radius 3 is 2.82 bits per heavy atom. The van der Waals surface area contributed by atoms with Gasteiger partial charge in [0.05, 0.1) is 0 Å². The van der Waals surface area contributed by atoms with E-state index >= 15 is 0 Å². The normalized spacial score (nSPS) is 19.1. The SMILES string of the molecule is C[C@@H](CC1CCCCC1)NCc1[c]cccc1. The number of hydrogen-bond donors (Lipinski definition) is 1. The van der Waals surface area contributed by atoms with Crippen molar-refractivity contribution in [3.05, 3.63) is 35.9 Å². The van der Waals surface area contributed by atoms with Gasteiger partial charge in [-0.15, -0.1) is 0 Å². The van der Waals surface area contributed by atoms with E-state index in [1.807, 2.05) is 12.1 Å². The monoisotopic (exact) mass is 230 g/mol. The Labute approximate surface area is 106 Å². The second kappa shape index (κ2) is 6.80. The predicted octanol–water partition coefficient (Wildman–Crippen LogP) is 3.94. The number of rotatable bonds is 5. The fraction of sp³-hybridized carbons (Fsp3) is 0.625. The Kier molecular flexibility index (Phi) is 5.06. The molecule has 1 saturated carbocycles. The highest BCUT2D eigenvalue weighted by Gasteiger charge is 2.15.